The molecule has 0 spiro atoms. The van der Waals surface area contributed by atoms with Crippen LogP contribution in [0.1, 0.15) is 15.9 Å². The van der Waals surface area contributed by atoms with Crippen molar-refractivity contribution >= 4 is 61.2 Å². The summed E-state index contributed by atoms with van der Waals surface area (Å²) in [6.07, 6.45) is 2.88. The fourth-order valence-corrected chi connectivity index (χ4v) is 3.07. The van der Waals surface area contributed by atoms with Crippen LogP contribution in [0.5, 0.6) is 5.75 Å². The second-order valence-corrected chi connectivity index (χ2v) is 6.96. The topological polar surface area (TPSA) is 74.7 Å². The van der Waals surface area contributed by atoms with E-state index < -0.39 is 11.8 Å². The van der Waals surface area contributed by atoms with Gasteiger partial charge in [0, 0.05) is 11.1 Å². The van der Waals surface area contributed by atoms with Gasteiger partial charge in [-0.15, -0.1) is 0 Å². The Morgan fingerprint density at radius 2 is 1.50 bits per heavy atom. The maximum absolute atomic E-state index is 12.3. The van der Waals surface area contributed by atoms with Gasteiger partial charge in [0.2, 0.25) is 0 Å². The van der Waals surface area contributed by atoms with Crippen LogP contribution in [0.3, 0.4) is 0 Å². The third-order valence-corrected chi connectivity index (χ3v) is 5.74. The summed E-state index contributed by atoms with van der Waals surface area (Å²) in [5.74, 6) is -1.12. The van der Waals surface area contributed by atoms with Gasteiger partial charge in [-0.25, -0.2) is 4.90 Å². The van der Waals surface area contributed by atoms with Gasteiger partial charge in [0.15, 0.2) is 5.78 Å². The molecule has 1 aliphatic rings. The zero-order valence-corrected chi connectivity index (χ0v) is 16.3. The monoisotopic (exact) mass is 475 g/mol. The largest absolute Gasteiger partial charge is 0.507 e. The average molecular weight is 477 g/mol. The minimum absolute atomic E-state index is 0.0848. The van der Waals surface area contributed by atoms with E-state index in [0.29, 0.717) is 16.8 Å². The van der Waals surface area contributed by atoms with Crippen LogP contribution in [-0.4, -0.2) is 22.7 Å². The fraction of sp³-hybridized carbons (Fsp3) is 0. The number of amides is 2. The first-order chi connectivity index (χ1) is 12.4. The van der Waals surface area contributed by atoms with Gasteiger partial charge in [0.25, 0.3) is 11.8 Å². The summed E-state index contributed by atoms with van der Waals surface area (Å²) >= 11 is 6.14. The zero-order chi connectivity index (χ0) is 18.8. The van der Waals surface area contributed by atoms with Gasteiger partial charge in [-0.2, -0.15) is 0 Å². The second kappa shape index (κ2) is 7.39. The number of para-hydroxylation sites is 1. The van der Waals surface area contributed by atoms with Crippen molar-refractivity contribution in [2.45, 2.75) is 0 Å². The highest BCUT2D eigenvalue weighted by atomic mass is 79.9. The Balaban J connectivity index is 1.78. The number of allylic oxidation sites excluding steroid dienone is 1. The Hall–Kier alpha value is -2.51. The highest BCUT2D eigenvalue weighted by Gasteiger charge is 2.36. The zero-order valence-electron chi connectivity index (χ0n) is 13.1. The molecule has 0 saturated carbocycles. The molecule has 0 radical (unpaired) electrons. The molecule has 26 heavy (non-hydrogen) atoms. The minimum Gasteiger partial charge on any atom is -0.507 e. The van der Waals surface area contributed by atoms with E-state index in [4.69, 9.17) is 0 Å². The van der Waals surface area contributed by atoms with Crippen molar-refractivity contribution < 1.29 is 19.5 Å². The number of phenolic OH excluding ortho intramolecular Hbond substituents is 1. The molecule has 0 aliphatic carbocycles. The van der Waals surface area contributed by atoms with Crippen LogP contribution in [0.2, 0.25) is 0 Å². The van der Waals surface area contributed by atoms with Crippen LogP contribution < -0.4 is 4.90 Å². The van der Waals surface area contributed by atoms with Gasteiger partial charge in [-0.1, -0.05) is 18.2 Å². The molecule has 1 aliphatic heterocycles. The maximum Gasteiger partial charge on any atom is 0.273 e. The predicted molar refractivity (Wildman–Crippen MR) is 105 cm³/mol. The molecule has 0 fully saturated rings. The standard InChI is InChI=1S/C19H11Br2NO4/c20-16-17(21)19(26)22(18(16)25)13-8-5-12(6-9-13)15(24)10-7-11-3-1-2-4-14(11)23/h1-10,23H/b10-7+. The lowest BCUT2D eigenvalue weighted by Gasteiger charge is -2.14. The number of aromatic hydroxyl groups is 1. The van der Waals surface area contributed by atoms with Gasteiger partial charge in [-0.3, -0.25) is 14.4 Å². The molecule has 2 aromatic carbocycles. The van der Waals surface area contributed by atoms with E-state index in [-0.39, 0.29) is 20.5 Å². The summed E-state index contributed by atoms with van der Waals surface area (Å²) in [4.78, 5) is 37.5. The molecule has 0 saturated heterocycles. The summed E-state index contributed by atoms with van der Waals surface area (Å²) < 4.78 is 0.321. The molecule has 0 atom stereocenters. The van der Waals surface area contributed by atoms with Gasteiger partial charge >= 0.3 is 0 Å². The smallest absolute Gasteiger partial charge is 0.273 e. The Labute approximate surface area is 165 Å². The van der Waals surface area contributed by atoms with Crippen molar-refractivity contribution in [3.05, 3.63) is 74.7 Å². The lowest BCUT2D eigenvalue weighted by atomic mass is 10.1. The first-order valence-electron chi connectivity index (χ1n) is 7.44. The molecule has 130 valence electrons. The number of ketones is 1. The molecule has 0 bridgehead atoms. The highest BCUT2D eigenvalue weighted by molar-refractivity contribution is 9.14. The first-order valence-corrected chi connectivity index (χ1v) is 9.03. The average Bonchev–Trinajstić information content (AvgIpc) is 2.84. The molecule has 5 nitrogen and oxygen atoms in total. The van der Waals surface area contributed by atoms with Gasteiger partial charge in [0.05, 0.1) is 5.69 Å². The number of imide groups is 1. The quantitative estimate of drug-likeness (QED) is 0.408. The van der Waals surface area contributed by atoms with Crippen molar-refractivity contribution in [2.24, 2.45) is 0 Å². The van der Waals surface area contributed by atoms with Crippen LogP contribution in [0.25, 0.3) is 6.08 Å². The number of carbonyl (C=O) groups is 3. The third kappa shape index (κ3) is 3.40. The highest BCUT2D eigenvalue weighted by Crippen LogP contribution is 2.33. The van der Waals surface area contributed by atoms with Crippen molar-refractivity contribution in [3.63, 3.8) is 0 Å². The van der Waals surface area contributed by atoms with Crippen LogP contribution in [0, 0.1) is 0 Å². The molecule has 0 unspecified atom stereocenters. The third-order valence-electron chi connectivity index (χ3n) is 3.74. The van der Waals surface area contributed by atoms with Crippen molar-refractivity contribution in [1.29, 1.82) is 0 Å². The van der Waals surface area contributed by atoms with E-state index in [1.165, 1.54) is 42.5 Å². The molecule has 1 heterocycles. The molecule has 2 aromatic rings. The summed E-state index contributed by atoms with van der Waals surface area (Å²) in [5.41, 5.74) is 1.30. The fourth-order valence-electron chi connectivity index (χ4n) is 2.38. The molecular formula is C19H11Br2NO4. The van der Waals surface area contributed by atoms with E-state index in [9.17, 15) is 19.5 Å². The number of nitrogens with zero attached hydrogens (tertiary/aromatic N) is 1. The van der Waals surface area contributed by atoms with Crippen molar-refractivity contribution in [3.8, 4) is 5.75 Å². The molecule has 3 rings (SSSR count). The lowest BCUT2D eigenvalue weighted by Crippen LogP contribution is -2.30. The van der Waals surface area contributed by atoms with Gasteiger partial charge < -0.3 is 5.11 Å². The molecule has 1 N–H and O–H groups in total. The van der Waals surface area contributed by atoms with Crippen molar-refractivity contribution in [1.82, 2.24) is 0 Å². The number of rotatable bonds is 4. The number of carbonyl (C=O) groups excluding carboxylic acids is 3. The summed E-state index contributed by atoms with van der Waals surface area (Å²) in [5, 5.41) is 9.70. The van der Waals surface area contributed by atoms with Crippen LogP contribution in [0.15, 0.2) is 63.6 Å². The van der Waals surface area contributed by atoms with E-state index in [2.05, 4.69) is 31.9 Å². The van der Waals surface area contributed by atoms with Crippen LogP contribution >= 0.6 is 31.9 Å². The SMILES string of the molecule is O=C(/C=C/c1ccccc1O)c1ccc(N2C(=O)C(Br)=C(Br)C2=O)cc1. The predicted octanol–water partition coefficient (Wildman–Crippen LogP) is 4.16. The number of hydrogen-bond donors (Lipinski definition) is 1. The Morgan fingerprint density at radius 3 is 2.08 bits per heavy atom. The number of benzene rings is 2. The Morgan fingerprint density at radius 1 is 0.923 bits per heavy atom. The summed E-state index contributed by atoms with van der Waals surface area (Å²) in [6, 6.07) is 12.8. The lowest BCUT2D eigenvalue weighted by molar-refractivity contribution is -0.120. The number of hydrogen-bond acceptors (Lipinski definition) is 4. The minimum atomic E-state index is -0.472. The van der Waals surface area contributed by atoms with E-state index >= 15 is 0 Å². The van der Waals surface area contributed by atoms with E-state index in [1.807, 2.05) is 0 Å². The maximum atomic E-state index is 12.3. The summed E-state index contributed by atoms with van der Waals surface area (Å²) in [7, 11) is 0. The summed E-state index contributed by atoms with van der Waals surface area (Å²) in [6.45, 7) is 0. The Kier molecular flexibility index (Phi) is 5.20. The number of halogens is 2. The number of anilines is 1. The van der Waals surface area contributed by atoms with Gasteiger partial charge in [-0.05, 0) is 74.3 Å². The van der Waals surface area contributed by atoms with Crippen LogP contribution in [0.4, 0.5) is 5.69 Å². The molecule has 0 aromatic heterocycles. The molecule has 7 heteroatoms. The van der Waals surface area contributed by atoms with Crippen molar-refractivity contribution in [2.75, 3.05) is 4.90 Å². The normalized spacial score (nSPS) is 14.6. The van der Waals surface area contributed by atoms with E-state index in [0.717, 1.165) is 4.90 Å². The Bertz CT molecular complexity index is 953. The molecule has 2 amide bonds. The van der Waals surface area contributed by atoms with E-state index in [1.54, 1.807) is 18.2 Å². The number of phenols is 1. The molecular weight excluding hydrogens is 466 g/mol. The van der Waals surface area contributed by atoms with Crippen LogP contribution in [-0.2, 0) is 9.59 Å². The van der Waals surface area contributed by atoms with Gasteiger partial charge in [0.1, 0.15) is 14.7 Å². The second-order valence-electron chi connectivity index (χ2n) is 5.38. The first kappa shape index (κ1) is 18.3.